The number of ether oxygens (including phenoxy) is 1. The van der Waals surface area contributed by atoms with E-state index in [2.05, 4.69) is 239 Å². The van der Waals surface area contributed by atoms with E-state index < -0.39 is 0 Å². The van der Waals surface area contributed by atoms with E-state index in [-0.39, 0.29) is 37.3 Å². The molecule has 0 spiro atoms. The molecule has 0 fully saturated rings. The molecular formula is C60H51N4OPt-3. The maximum atomic E-state index is 6.74. The number of aromatic nitrogens is 2. The fourth-order valence-corrected chi connectivity index (χ4v) is 9.63. The molecule has 0 atom stereocenters. The van der Waals surface area contributed by atoms with Crippen molar-refractivity contribution in [3.8, 4) is 28.4 Å². The summed E-state index contributed by atoms with van der Waals surface area (Å²) >= 11 is 0. The molecular weight excluding hydrogens is 988 g/mol. The first-order chi connectivity index (χ1) is 31.3. The van der Waals surface area contributed by atoms with Gasteiger partial charge in [-0.2, -0.15) is 12.1 Å². The average Bonchev–Trinajstić information content (AvgIpc) is 3.92. The molecule has 0 N–H and O–H groups in total. The van der Waals surface area contributed by atoms with Crippen LogP contribution in [0.5, 0.6) is 11.5 Å². The van der Waals surface area contributed by atoms with Gasteiger partial charge in [0.2, 0.25) is 0 Å². The first kappa shape index (κ1) is 43.2. The van der Waals surface area contributed by atoms with Crippen molar-refractivity contribution in [2.24, 2.45) is 0 Å². The molecule has 5 nitrogen and oxygen atoms in total. The second-order valence-electron chi connectivity index (χ2n) is 19.5. The summed E-state index contributed by atoms with van der Waals surface area (Å²) in [6.07, 6.45) is 4.17. The number of rotatable bonds is 8. The van der Waals surface area contributed by atoms with Gasteiger partial charge in [0.15, 0.2) is 0 Å². The molecule has 66 heavy (non-hydrogen) atoms. The van der Waals surface area contributed by atoms with Gasteiger partial charge in [-0.1, -0.05) is 174 Å². The summed E-state index contributed by atoms with van der Waals surface area (Å²) < 4.78 is 8.94. The molecule has 0 saturated heterocycles. The molecule has 7 aromatic carbocycles. The molecule has 2 aliphatic rings. The molecule has 0 saturated carbocycles. The molecule has 11 rings (SSSR count). The Balaban J connectivity index is 0.00000511. The van der Waals surface area contributed by atoms with Crippen LogP contribution >= 0.6 is 0 Å². The third kappa shape index (κ3) is 7.35. The molecule has 0 unspecified atom stereocenters. The van der Waals surface area contributed by atoms with Crippen LogP contribution in [-0.4, -0.2) is 9.55 Å². The quantitative estimate of drug-likeness (QED) is 0.142. The number of pyridine rings is 1. The Labute approximate surface area is 403 Å². The summed E-state index contributed by atoms with van der Waals surface area (Å²) in [6, 6.07) is 65.9. The van der Waals surface area contributed by atoms with Crippen molar-refractivity contribution in [2.45, 2.75) is 64.7 Å². The van der Waals surface area contributed by atoms with Gasteiger partial charge in [0.1, 0.15) is 5.82 Å². The minimum Gasteiger partial charge on any atom is -0.509 e. The minimum absolute atomic E-state index is 0. The van der Waals surface area contributed by atoms with Gasteiger partial charge in [-0.15, -0.1) is 41.9 Å². The molecule has 0 bridgehead atoms. The Bertz CT molecular complexity index is 3250. The van der Waals surface area contributed by atoms with Crippen LogP contribution in [0.2, 0.25) is 0 Å². The first-order valence-electron chi connectivity index (χ1n) is 22.5. The van der Waals surface area contributed by atoms with Gasteiger partial charge in [-0.3, -0.25) is 0 Å². The Kier molecular flexibility index (Phi) is 10.7. The van der Waals surface area contributed by atoms with Crippen LogP contribution in [0.3, 0.4) is 0 Å². The van der Waals surface area contributed by atoms with Crippen LogP contribution in [0.1, 0.15) is 81.8 Å². The normalized spacial score (nSPS) is 13.5. The van der Waals surface area contributed by atoms with Crippen molar-refractivity contribution >= 4 is 38.9 Å². The smallest absolute Gasteiger partial charge is 0.135 e. The maximum Gasteiger partial charge on any atom is 0.135 e. The van der Waals surface area contributed by atoms with Gasteiger partial charge in [-0.25, -0.2) is 4.98 Å². The SMILES string of the molecule is CC(C)(C)c1ccnc(-n2c3[c-]c(Oc4[c-]c5c(cc4)-c4ccccc4C4=CN(c6cc(C(C)(C)c7ccccc7)cc(C(C)(C)c7ccccc7)c6)[CH-]N45)ccc3c3ccccc32)c1.[Pt]. The number of hydrogen-bond acceptors (Lipinski definition) is 4. The third-order valence-corrected chi connectivity index (χ3v) is 13.7. The monoisotopic (exact) mass is 1040 g/mol. The zero-order valence-corrected chi connectivity index (χ0v) is 40.6. The molecule has 6 heteroatoms. The van der Waals surface area contributed by atoms with Crippen LogP contribution in [0.25, 0.3) is 44.4 Å². The van der Waals surface area contributed by atoms with Crippen molar-refractivity contribution < 1.29 is 25.8 Å². The first-order valence-corrected chi connectivity index (χ1v) is 22.5. The van der Waals surface area contributed by atoms with Gasteiger partial charge in [0.05, 0.1) is 0 Å². The van der Waals surface area contributed by atoms with Crippen molar-refractivity contribution in [1.82, 2.24) is 9.55 Å². The fourth-order valence-electron chi connectivity index (χ4n) is 9.63. The Morgan fingerprint density at radius 3 is 1.82 bits per heavy atom. The summed E-state index contributed by atoms with van der Waals surface area (Å²) in [5.41, 5.74) is 14.3. The summed E-state index contributed by atoms with van der Waals surface area (Å²) in [4.78, 5) is 9.42. The van der Waals surface area contributed by atoms with Crippen LogP contribution in [0.15, 0.2) is 176 Å². The maximum absolute atomic E-state index is 6.74. The number of benzene rings is 7. The number of nitrogens with zero attached hydrogens (tertiary/aromatic N) is 4. The van der Waals surface area contributed by atoms with Gasteiger partial charge in [0, 0.05) is 66.5 Å². The third-order valence-electron chi connectivity index (χ3n) is 13.7. The number of para-hydroxylation sites is 1. The number of anilines is 2. The second kappa shape index (κ2) is 16.3. The average molecular weight is 1040 g/mol. The van der Waals surface area contributed by atoms with E-state index in [0.29, 0.717) is 11.5 Å². The molecule has 4 heterocycles. The number of fused-ring (bicyclic) bond motifs is 9. The molecule has 0 amide bonds. The number of hydrogen-bond donors (Lipinski definition) is 0. The summed E-state index contributed by atoms with van der Waals surface area (Å²) in [5, 5.41) is 2.24. The van der Waals surface area contributed by atoms with Crippen molar-refractivity contribution in [3.05, 3.63) is 228 Å². The molecule has 2 aliphatic heterocycles. The second-order valence-corrected chi connectivity index (χ2v) is 19.5. The predicted molar refractivity (Wildman–Crippen MR) is 268 cm³/mol. The van der Waals surface area contributed by atoms with E-state index in [1.807, 2.05) is 18.3 Å². The Hall–Kier alpha value is -6.68. The van der Waals surface area contributed by atoms with Crippen molar-refractivity contribution in [1.29, 1.82) is 0 Å². The standard InChI is InChI=1S/C60H51N4O.Pt/c1-58(2,3)42-30-31-61-57(35-42)64-53-25-17-16-24-50(53)52-29-27-47(37-55(52)64)65-46-26-28-51-48-22-14-15-23-49(48)56-38-62(39-63(56)54(51)36-46)45-33-43(59(4,5)40-18-10-8-11-19-40)32-44(34-45)60(6,7)41-20-12-9-13-21-41;/h8-35,38-39H,1-7H3;/q-3;. The largest absolute Gasteiger partial charge is 0.509 e. The van der Waals surface area contributed by atoms with Crippen molar-refractivity contribution in [3.63, 3.8) is 0 Å². The molecule has 2 aromatic heterocycles. The zero-order chi connectivity index (χ0) is 44.7. The van der Waals surface area contributed by atoms with Gasteiger partial charge in [-0.05, 0) is 80.7 Å². The molecule has 0 aliphatic carbocycles. The van der Waals surface area contributed by atoms with E-state index in [0.717, 1.165) is 55.8 Å². The fraction of sp³-hybridized carbons (Fsp3) is 0.167. The Morgan fingerprint density at radius 1 is 0.530 bits per heavy atom. The van der Waals surface area contributed by atoms with Gasteiger partial charge >= 0.3 is 0 Å². The molecule has 9 aromatic rings. The van der Waals surface area contributed by atoms with Gasteiger partial charge < -0.3 is 19.1 Å². The van der Waals surface area contributed by atoms with E-state index in [1.54, 1.807) is 0 Å². The van der Waals surface area contributed by atoms with Crippen LogP contribution in [0.4, 0.5) is 11.4 Å². The van der Waals surface area contributed by atoms with E-state index in [1.165, 1.54) is 33.4 Å². The summed E-state index contributed by atoms with van der Waals surface area (Å²) in [7, 11) is 0. The topological polar surface area (TPSA) is 33.5 Å². The Morgan fingerprint density at radius 2 is 1.14 bits per heavy atom. The van der Waals surface area contributed by atoms with E-state index in [4.69, 9.17) is 9.72 Å². The van der Waals surface area contributed by atoms with E-state index >= 15 is 0 Å². The minimum atomic E-state index is -0.251. The van der Waals surface area contributed by atoms with Gasteiger partial charge in [0.25, 0.3) is 0 Å². The zero-order valence-electron chi connectivity index (χ0n) is 38.3. The van der Waals surface area contributed by atoms with Crippen LogP contribution in [0, 0.1) is 18.8 Å². The van der Waals surface area contributed by atoms with Crippen molar-refractivity contribution in [2.75, 3.05) is 9.80 Å². The summed E-state index contributed by atoms with van der Waals surface area (Å²) in [6.45, 7) is 18.2. The predicted octanol–water partition coefficient (Wildman–Crippen LogP) is 14.9. The summed E-state index contributed by atoms with van der Waals surface area (Å²) in [5.74, 6) is 2.07. The molecule has 330 valence electrons. The van der Waals surface area contributed by atoms with Crippen LogP contribution in [-0.2, 0) is 37.3 Å². The van der Waals surface area contributed by atoms with Crippen LogP contribution < -0.4 is 14.5 Å². The molecule has 0 radical (unpaired) electrons. The van der Waals surface area contributed by atoms with E-state index in [9.17, 15) is 0 Å².